The number of nitrogens with one attached hydrogen (secondary N) is 1. The monoisotopic (exact) mass is 379 g/mol. The minimum atomic E-state index is -4.49. The van der Waals surface area contributed by atoms with Crippen LogP contribution in [0.4, 0.5) is 19.0 Å². The standard InChI is InChI=1S/C17H13ClF3N5/c1-11(12-2-4-14(5-3-12)26-7-6-22-10-26)24-25-16-15(18)8-13(9-23-16)17(19,20)21/h2-10H,1H3,(H,23,25)/b24-11-. The van der Waals surface area contributed by atoms with Crippen molar-refractivity contribution in [1.82, 2.24) is 14.5 Å². The fraction of sp³-hybridized carbons (Fsp3) is 0.118. The summed E-state index contributed by atoms with van der Waals surface area (Å²) in [5.41, 5.74) is 4.09. The molecule has 2 aromatic heterocycles. The third-order valence-electron chi connectivity index (χ3n) is 3.59. The number of anilines is 1. The zero-order valence-corrected chi connectivity index (χ0v) is 14.3. The Morgan fingerprint density at radius 3 is 2.54 bits per heavy atom. The van der Waals surface area contributed by atoms with Crippen LogP contribution < -0.4 is 5.43 Å². The summed E-state index contributed by atoms with van der Waals surface area (Å²) in [6, 6.07) is 8.36. The maximum Gasteiger partial charge on any atom is 0.417 e. The molecule has 9 heteroatoms. The third-order valence-corrected chi connectivity index (χ3v) is 3.87. The highest BCUT2D eigenvalue weighted by Gasteiger charge is 2.31. The highest BCUT2D eigenvalue weighted by molar-refractivity contribution is 6.33. The van der Waals surface area contributed by atoms with E-state index in [-0.39, 0.29) is 10.8 Å². The number of benzene rings is 1. The molecule has 26 heavy (non-hydrogen) atoms. The number of halogens is 4. The van der Waals surface area contributed by atoms with Crippen molar-refractivity contribution in [2.45, 2.75) is 13.1 Å². The van der Waals surface area contributed by atoms with Crippen LogP contribution in [-0.4, -0.2) is 20.2 Å². The molecule has 0 atom stereocenters. The highest BCUT2D eigenvalue weighted by atomic mass is 35.5. The largest absolute Gasteiger partial charge is 0.417 e. The van der Waals surface area contributed by atoms with Crippen LogP contribution in [-0.2, 0) is 6.18 Å². The molecule has 0 saturated heterocycles. The zero-order valence-electron chi connectivity index (χ0n) is 13.5. The van der Waals surface area contributed by atoms with Gasteiger partial charge in [0.05, 0.1) is 22.6 Å². The molecule has 0 spiro atoms. The summed E-state index contributed by atoms with van der Waals surface area (Å²) in [7, 11) is 0. The first-order chi connectivity index (χ1) is 12.3. The van der Waals surface area contributed by atoms with Crippen molar-refractivity contribution in [2.24, 2.45) is 5.10 Å². The molecule has 5 nitrogen and oxygen atoms in total. The van der Waals surface area contributed by atoms with Crippen molar-refractivity contribution >= 4 is 23.1 Å². The van der Waals surface area contributed by atoms with Crippen molar-refractivity contribution in [3.8, 4) is 5.69 Å². The van der Waals surface area contributed by atoms with E-state index in [1.165, 1.54) is 0 Å². The molecule has 0 fully saturated rings. The second-order valence-electron chi connectivity index (χ2n) is 5.38. The molecule has 0 aliphatic carbocycles. The Morgan fingerprint density at radius 2 is 1.96 bits per heavy atom. The third kappa shape index (κ3) is 4.02. The van der Waals surface area contributed by atoms with Gasteiger partial charge in [-0.1, -0.05) is 23.7 Å². The summed E-state index contributed by atoms with van der Waals surface area (Å²) in [6.45, 7) is 1.76. The topological polar surface area (TPSA) is 55.1 Å². The smallest absolute Gasteiger partial charge is 0.306 e. The molecule has 0 amide bonds. The second kappa shape index (κ2) is 7.17. The molecule has 2 heterocycles. The number of hydrogen-bond donors (Lipinski definition) is 1. The molecule has 0 unspecified atom stereocenters. The Hall–Kier alpha value is -2.87. The molecule has 0 radical (unpaired) electrons. The fourth-order valence-electron chi connectivity index (χ4n) is 2.16. The van der Waals surface area contributed by atoms with E-state index in [1.54, 1.807) is 19.4 Å². The second-order valence-corrected chi connectivity index (χ2v) is 5.79. The van der Waals surface area contributed by atoms with Gasteiger partial charge in [-0.2, -0.15) is 18.3 Å². The number of hydrazone groups is 1. The summed E-state index contributed by atoms with van der Waals surface area (Å²) in [5.74, 6) is 0.0500. The number of nitrogens with zero attached hydrogens (tertiary/aromatic N) is 4. The lowest BCUT2D eigenvalue weighted by atomic mass is 10.1. The maximum atomic E-state index is 12.6. The average molecular weight is 380 g/mol. The molecule has 134 valence electrons. The Balaban J connectivity index is 1.74. The van der Waals surface area contributed by atoms with Crippen LogP contribution in [0.15, 0.2) is 60.4 Å². The van der Waals surface area contributed by atoms with Crippen LogP contribution in [0.25, 0.3) is 5.69 Å². The van der Waals surface area contributed by atoms with Crippen molar-refractivity contribution in [1.29, 1.82) is 0 Å². The molecule has 0 aliphatic heterocycles. The normalized spacial score (nSPS) is 12.3. The van der Waals surface area contributed by atoms with Crippen LogP contribution >= 0.6 is 11.6 Å². The van der Waals surface area contributed by atoms with Gasteiger partial charge in [0, 0.05) is 24.3 Å². The van der Waals surface area contributed by atoms with E-state index in [2.05, 4.69) is 20.5 Å². The quantitative estimate of drug-likeness (QED) is 0.524. The van der Waals surface area contributed by atoms with E-state index in [0.717, 1.165) is 17.3 Å². The first-order valence-corrected chi connectivity index (χ1v) is 7.84. The van der Waals surface area contributed by atoms with Gasteiger partial charge in [-0.25, -0.2) is 9.97 Å². The van der Waals surface area contributed by atoms with Crippen molar-refractivity contribution in [3.63, 3.8) is 0 Å². The number of aromatic nitrogens is 3. The van der Waals surface area contributed by atoms with E-state index >= 15 is 0 Å². The number of hydrogen-bond acceptors (Lipinski definition) is 4. The van der Waals surface area contributed by atoms with Gasteiger partial charge in [0.25, 0.3) is 0 Å². The van der Waals surface area contributed by atoms with Gasteiger partial charge in [0.1, 0.15) is 0 Å². The van der Waals surface area contributed by atoms with Crippen LogP contribution in [0, 0.1) is 0 Å². The summed E-state index contributed by atoms with van der Waals surface area (Å²) in [5, 5.41) is 3.97. The molecule has 0 saturated carbocycles. The van der Waals surface area contributed by atoms with Gasteiger partial charge in [0.15, 0.2) is 5.82 Å². The van der Waals surface area contributed by atoms with Crippen LogP contribution in [0.2, 0.25) is 5.02 Å². The first kappa shape index (κ1) is 17.9. The summed E-state index contributed by atoms with van der Waals surface area (Å²) in [4.78, 5) is 7.67. The Kier molecular flexibility index (Phi) is 4.94. The summed E-state index contributed by atoms with van der Waals surface area (Å²) in [6.07, 6.45) is 1.42. The minimum absolute atomic E-state index is 0.0500. The average Bonchev–Trinajstić information content (AvgIpc) is 3.14. The lowest BCUT2D eigenvalue weighted by Gasteiger charge is -2.09. The Bertz CT molecular complexity index is 919. The summed E-state index contributed by atoms with van der Waals surface area (Å²) < 4.78 is 39.7. The molecule has 0 bridgehead atoms. The summed E-state index contributed by atoms with van der Waals surface area (Å²) >= 11 is 5.84. The van der Waals surface area contributed by atoms with Gasteiger partial charge in [0.2, 0.25) is 0 Å². The maximum absolute atomic E-state index is 12.6. The van der Waals surface area contributed by atoms with Crippen LogP contribution in [0.1, 0.15) is 18.1 Å². The lowest BCUT2D eigenvalue weighted by Crippen LogP contribution is -2.07. The van der Waals surface area contributed by atoms with E-state index in [9.17, 15) is 13.2 Å². The van der Waals surface area contributed by atoms with Crippen molar-refractivity contribution in [3.05, 3.63) is 71.4 Å². The van der Waals surface area contributed by atoms with Gasteiger partial charge >= 0.3 is 6.18 Å². The number of pyridine rings is 1. The molecule has 1 aromatic carbocycles. The minimum Gasteiger partial charge on any atom is -0.306 e. The number of imidazole rings is 1. The van der Waals surface area contributed by atoms with Crippen molar-refractivity contribution < 1.29 is 13.2 Å². The highest BCUT2D eigenvalue weighted by Crippen LogP contribution is 2.32. The fourth-order valence-corrected chi connectivity index (χ4v) is 2.37. The Morgan fingerprint density at radius 1 is 1.23 bits per heavy atom. The van der Waals surface area contributed by atoms with Crippen LogP contribution in [0.5, 0.6) is 0 Å². The number of rotatable bonds is 4. The predicted molar refractivity (Wildman–Crippen MR) is 93.6 cm³/mol. The first-order valence-electron chi connectivity index (χ1n) is 7.46. The van der Waals surface area contributed by atoms with E-state index < -0.39 is 11.7 Å². The lowest BCUT2D eigenvalue weighted by molar-refractivity contribution is -0.137. The van der Waals surface area contributed by atoms with Gasteiger partial charge in [-0.15, -0.1) is 0 Å². The van der Waals surface area contributed by atoms with Crippen LogP contribution in [0.3, 0.4) is 0 Å². The van der Waals surface area contributed by atoms with E-state index in [0.29, 0.717) is 11.9 Å². The van der Waals surface area contributed by atoms with E-state index in [1.807, 2.05) is 35.0 Å². The SMILES string of the molecule is C/C(=N/Nc1ncc(C(F)(F)F)cc1Cl)c1ccc(-n2ccnc2)cc1. The van der Waals surface area contributed by atoms with Gasteiger partial charge in [-0.3, -0.25) is 5.43 Å². The molecular weight excluding hydrogens is 367 g/mol. The van der Waals surface area contributed by atoms with Gasteiger partial charge in [-0.05, 0) is 30.7 Å². The van der Waals surface area contributed by atoms with E-state index in [4.69, 9.17) is 11.6 Å². The van der Waals surface area contributed by atoms with Crippen molar-refractivity contribution in [2.75, 3.05) is 5.43 Å². The molecule has 1 N–H and O–H groups in total. The molecule has 0 aliphatic rings. The zero-order chi connectivity index (χ0) is 18.7. The number of alkyl halides is 3. The van der Waals surface area contributed by atoms with Gasteiger partial charge < -0.3 is 4.57 Å². The molecular formula is C17H13ClF3N5. The molecule has 3 rings (SSSR count). The Labute approximate surface area is 152 Å². The molecule has 3 aromatic rings. The predicted octanol–water partition coefficient (Wildman–Crippen LogP) is 4.78.